The van der Waals surface area contributed by atoms with E-state index < -0.39 is 0 Å². The molecule has 0 aliphatic rings. The molecular weight excluding hydrogens is 482 g/mol. The van der Waals surface area contributed by atoms with Crippen molar-refractivity contribution in [1.29, 1.82) is 0 Å². The third kappa shape index (κ3) is 6.13. The molecule has 0 fully saturated rings. The van der Waals surface area contributed by atoms with E-state index in [2.05, 4.69) is 41.5 Å². The number of hydrogen-bond acceptors (Lipinski definition) is 5. The lowest BCUT2D eigenvalue weighted by Gasteiger charge is -2.19. The molecule has 0 atom stereocenters. The van der Waals surface area contributed by atoms with E-state index >= 15 is 0 Å². The molecule has 0 saturated heterocycles. The number of hydrogen-bond donors (Lipinski definition) is 2. The number of rotatable bonds is 9. The highest BCUT2D eigenvalue weighted by molar-refractivity contribution is 6.04. The van der Waals surface area contributed by atoms with Gasteiger partial charge in [0.05, 0.1) is 11.2 Å². The standard InChI is InChI=1S/C33H33N5O/c1-4-38(5-2)22-24-15-20-29(23(3)21-24)35-32(39)26-16-18-27(19-17-26)34-33-36-30-14-10-9-13-28(30)31(37-33)25-11-7-6-8-12-25/h6-21H,4-5,22H2,1-3H3,(H,35,39)(H,34,36,37). The molecule has 0 aliphatic heterocycles. The van der Waals surface area contributed by atoms with Gasteiger partial charge in [0.1, 0.15) is 0 Å². The number of fused-ring (bicyclic) bond motifs is 1. The SMILES string of the molecule is CCN(CC)Cc1ccc(NC(=O)c2ccc(Nc3nc(-c4ccccc4)c4ccccc4n3)cc2)c(C)c1. The zero-order valence-electron chi connectivity index (χ0n) is 22.6. The molecular formula is C33H33N5O. The van der Waals surface area contributed by atoms with Crippen LogP contribution in [0.1, 0.15) is 35.3 Å². The molecule has 4 aromatic carbocycles. The fraction of sp³-hybridized carbons (Fsp3) is 0.182. The fourth-order valence-corrected chi connectivity index (χ4v) is 4.65. The Morgan fingerprint density at radius 3 is 2.26 bits per heavy atom. The van der Waals surface area contributed by atoms with E-state index in [1.165, 1.54) is 5.56 Å². The first-order chi connectivity index (χ1) is 19.0. The third-order valence-corrected chi connectivity index (χ3v) is 6.89. The average Bonchev–Trinajstić information content (AvgIpc) is 2.97. The van der Waals surface area contributed by atoms with Crippen molar-refractivity contribution in [3.05, 3.63) is 114 Å². The summed E-state index contributed by atoms with van der Waals surface area (Å²) in [6.07, 6.45) is 0. The molecule has 2 N–H and O–H groups in total. The van der Waals surface area contributed by atoms with Crippen molar-refractivity contribution >= 4 is 34.1 Å². The van der Waals surface area contributed by atoms with Gasteiger partial charge >= 0.3 is 0 Å². The molecule has 0 unspecified atom stereocenters. The predicted octanol–water partition coefficient (Wildman–Crippen LogP) is 7.44. The molecule has 0 bridgehead atoms. The highest BCUT2D eigenvalue weighted by atomic mass is 16.1. The van der Waals surface area contributed by atoms with Crippen molar-refractivity contribution in [2.75, 3.05) is 23.7 Å². The van der Waals surface area contributed by atoms with Gasteiger partial charge in [0.2, 0.25) is 5.95 Å². The Labute approximate surface area is 229 Å². The predicted molar refractivity (Wildman–Crippen MR) is 160 cm³/mol. The van der Waals surface area contributed by atoms with Gasteiger partial charge in [0, 0.05) is 34.4 Å². The smallest absolute Gasteiger partial charge is 0.255 e. The van der Waals surface area contributed by atoms with Crippen molar-refractivity contribution in [1.82, 2.24) is 14.9 Å². The summed E-state index contributed by atoms with van der Waals surface area (Å²) in [6.45, 7) is 9.30. The van der Waals surface area contributed by atoms with Crippen LogP contribution >= 0.6 is 0 Å². The summed E-state index contributed by atoms with van der Waals surface area (Å²) in [7, 11) is 0. The van der Waals surface area contributed by atoms with Gasteiger partial charge in [-0.25, -0.2) is 9.97 Å². The highest BCUT2D eigenvalue weighted by Gasteiger charge is 2.12. The van der Waals surface area contributed by atoms with Crippen LogP contribution in [0.2, 0.25) is 0 Å². The number of aromatic nitrogens is 2. The lowest BCUT2D eigenvalue weighted by molar-refractivity contribution is 0.102. The van der Waals surface area contributed by atoms with Gasteiger partial charge in [-0.3, -0.25) is 9.69 Å². The number of nitrogens with one attached hydrogen (secondary N) is 2. The summed E-state index contributed by atoms with van der Waals surface area (Å²) >= 11 is 0. The molecule has 1 amide bonds. The molecule has 196 valence electrons. The van der Waals surface area contributed by atoms with E-state index in [1.807, 2.05) is 79.7 Å². The minimum atomic E-state index is -0.144. The van der Waals surface area contributed by atoms with E-state index in [0.29, 0.717) is 11.5 Å². The van der Waals surface area contributed by atoms with E-state index in [0.717, 1.165) is 58.7 Å². The Morgan fingerprint density at radius 1 is 0.821 bits per heavy atom. The first kappa shape index (κ1) is 26.1. The number of carbonyl (C=O) groups is 1. The zero-order chi connectivity index (χ0) is 27.2. The van der Waals surface area contributed by atoms with Crippen molar-refractivity contribution in [3.8, 4) is 11.3 Å². The van der Waals surface area contributed by atoms with Crippen LogP contribution in [0.4, 0.5) is 17.3 Å². The van der Waals surface area contributed by atoms with Crippen molar-refractivity contribution < 1.29 is 4.79 Å². The van der Waals surface area contributed by atoms with E-state index in [1.54, 1.807) is 12.1 Å². The first-order valence-electron chi connectivity index (χ1n) is 13.4. The number of para-hydroxylation sites is 1. The molecule has 39 heavy (non-hydrogen) atoms. The van der Waals surface area contributed by atoms with Gasteiger partial charge in [-0.1, -0.05) is 74.5 Å². The van der Waals surface area contributed by atoms with Crippen molar-refractivity contribution in [2.24, 2.45) is 0 Å². The Balaban J connectivity index is 1.30. The topological polar surface area (TPSA) is 70.2 Å². The molecule has 5 rings (SSSR count). The largest absolute Gasteiger partial charge is 0.324 e. The summed E-state index contributed by atoms with van der Waals surface area (Å²) < 4.78 is 0. The molecule has 1 heterocycles. The summed E-state index contributed by atoms with van der Waals surface area (Å²) in [6, 6.07) is 31.7. The fourth-order valence-electron chi connectivity index (χ4n) is 4.65. The van der Waals surface area contributed by atoms with Crippen LogP contribution < -0.4 is 10.6 Å². The summed E-state index contributed by atoms with van der Waals surface area (Å²) in [5.41, 5.74) is 7.27. The number of carbonyl (C=O) groups excluding carboxylic acids is 1. The normalized spacial score (nSPS) is 11.1. The molecule has 6 heteroatoms. The molecule has 0 radical (unpaired) electrons. The monoisotopic (exact) mass is 515 g/mol. The van der Waals surface area contributed by atoms with Crippen molar-refractivity contribution in [3.63, 3.8) is 0 Å². The van der Waals surface area contributed by atoms with Gasteiger partial charge < -0.3 is 10.6 Å². The summed E-state index contributed by atoms with van der Waals surface area (Å²) in [5, 5.41) is 7.35. The van der Waals surface area contributed by atoms with Gasteiger partial charge in [-0.15, -0.1) is 0 Å². The molecule has 0 aliphatic carbocycles. The van der Waals surface area contributed by atoms with E-state index in [-0.39, 0.29) is 5.91 Å². The molecule has 6 nitrogen and oxygen atoms in total. The summed E-state index contributed by atoms with van der Waals surface area (Å²) in [5.74, 6) is 0.361. The molecule has 0 spiro atoms. The van der Waals surface area contributed by atoms with E-state index in [4.69, 9.17) is 9.97 Å². The van der Waals surface area contributed by atoms with Crippen LogP contribution in [-0.4, -0.2) is 33.9 Å². The third-order valence-electron chi connectivity index (χ3n) is 6.89. The van der Waals surface area contributed by atoms with Crippen LogP contribution in [0.3, 0.4) is 0 Å². The molecule has 5 aromatic rings. The quantitative estimate of drug-likeness (QED) is 0.213. The number of anilines is 3. The molecule has 0 saturated carbocycles. The first-order valence-corrected chi connectivity index (χ1v) is 13.4. The maximum atomic E-state index is 13.0. The number of amides is 1. The van der Waals surface area contributed by atoms with Crippen LogP contribution in [0.5, 0.6) is 0 Å². The van der Waals surface area contributed by atoms with Gasteiger partial charge in [0.15, 0.2) is 0 Å². The Morgan fingerprint density at radius 2 is 1.54 bits per heavy atom. The lowest BCUT2D eigenvalue weighted by atomic mass is 10.1. The number of nitrogens with zero attached hydrogens (tertiary/aromatic N) is 3. The second kappa shape index (κ2) is 11.9. The number of benzene rings is 4. The van der Waals surface area contributed by atoms with E-state index in [9.17, 15) is 4.79 Å². The lowest BCUT2D eigenvalue weighted by Crippen LogP contribution is -2.22. The summed E-state index contributed by atoms with van der Waals surface area (Å²) in [4.78, 5) is 24.9. The second-order valence-electron chi connectivity index (χ2n) is 9.55. The highest BCUT2D eigenvalue weighted by Crippen LogP contribution is 2.28. The Kier molecular flexibility index (Phi) is 7.94. The van der Waals surface area contributed by atoms with Gasteiger partial charge in [-0.2, -0.15) is 0 Å². The van der Waals surface area contributed by atoms with Gasteiger partial charge in [-0.05, 0) is 67.5 Å². The second-order valence-corrected chi connectivity index (χ2v) is 9.55. The van der Waals surface area contributed by atoms with Crippen LogP contribution in [0.25, 0.3) is 22.2 Å². The zero-order valence-corrected chi connectivity index (χ0v) is 22.6. The van der Waals surface area contributed by atoms with Crippen LogP contribution in [0.15, 0.2) is 97.1 Å². The van der Waals surface area contributed by atoms with Gasteiger partial charge in [0.25, 0.3) is 5.91 Å². The Bertz CT molecular complexity index is 1580. The molecule has 1 aromatic heterocycles. The van der Waals surface area contributed by atoms with Crippen LogP contribution in [-0.2, 0) is 6.54 Å². The van der Waals surface area contributed by atoms with Crippen LogP contribution in [0, 0.1) is 6.92 Å². The Hall–Kier alpha value is -4.55. The number of aryl methyl sites for hydroxylation is 1. The maximum Gasteiger partial charge on any atom is 0.255 e. The average molecular weight is 516 g/mol. The maximum absolute atomic E-state index is 13.0. The minimum absolute atomic E-state index is 0.144. The van der Waals surface area contributed by atoms with Crippen molar-refractivity contribution in [2.45, 2.75) is 27.3 Å². The minimum Gasteiger partial charge on any atom is -0.324 e.